The maximum Gasteiger partial charge on any atom is 0.213 e. The van der Waals surface area contributed by atoms with Crippen LogP contribution in [0.4, 0.5) is 0 Å². The van der Waals surface area contributed by atoms with Crippen LogP contribution in [0.5, 0.6) is 0 Å². The van der Waals surface area contributed by atoms with Gasteiger partial charge in [0.15, 0.2) is 0 Å². The van der Waals surface area contributed by atoms with Crippen LogP contribution in [-0.4, -0.2) is 12.5 Å². The molecule has 24 heavy (non-hydrogen) atoms. The molecule has 0 aliphatic heterocycles. The highest BCUT2D eigenvalue weighted by atomic mass is 16.4. The highest BCUT2D eigenvalue weighted by Crippen LogP contribution is 2.23. The van der Waals surface area contributed by atoms with Crippen LogP contribution in [0.1, 0.15) is 17.5 Å². The molecule has 0 fully saturated rings. The summed E-state index contributed by atoms with van der Waals surface area (Å²) in [6.45, 7) is 4.40. The molecule has 0 spiro atoms. The number of nitrogens with one attached hydrogen (secondary N) is 1. The zero-order chi connectivity index (χ0) is 17.1. The second-order valence-corrected chi connectivity index (χ2v) is 5.87. The predicted molar refractivity (Wildman–Crippen MR) is 89.7 cm³/mol. The predicted octanol–water partition coefficient (Wildman–Crippen LogP) is 0.838. The van der Waals surface area contributed by atoms with Gasteiger partial charge in [-0.15, -0.1) is 0 Å². The van der Waals surface area contributed by atoms with Crippen LogP contribution < -0.4 is 15.5 Å². The van der Waals surface area contributed by atoms with E-state index in [1.165, 1.54) is 0 Å². The molecule has 122 valence electrons. The summed E-state index contributed by atoms with van der Waals surface area (Å²) in [6.07, 6.45) is -0.0426. The molecule has 0 atom stereocenters. The fraction of sp³-hybridized carbons (Fsp3) is 0.200. The summed E-state index contributed by atoms with van der Waals surface area (Å²) in [5.74, 6) is -0.329. The van der Waals surface area contributed by atoms with Crippen molar-refractivity contribution in [1.29, 1.82) is 0 Å². The van der Waals surface area contributed by atoms with E-state index >= 15 is 0 Å². The third-order valence-corrected chi connectivity index (χ3v) is 4.08. The second kappa shape index (κ2) is 6.71. The first-order valence-electron chi connectivity index (χ1n) is 7.92. The van der Waals surface area contributed by atoms with Gasteiger partial charge in [-0.2, -0.15) is 0 Å². The molecule has 3 aromatic rings. The summed E-state index contributed by atoms with van der Waals surface area (Å²) in [7, 11) is 0. The minimum Gasteiger partial charge on any atom is -0.550 e. The SMILES string of the molecule is Cc1cc2oc(-c3ccccc3)cc(=[NH+]CCC(=O)[O-])c2cc1C. The molecular weight excluding hydrogens is 302 g/mol. The Morgan fingerprint density at radius 1 is 1.08 bits per heavy atom. The number of carboxylic acid groups (broad SMARTS) is 1. The van der Waals surface area contributed by atoms with E-state index in [0.29, 0.717) is 6.54 Å². The van der Waals surface area contributed by atoms with Gasteiger partial charge in [-0.3, -0.25) is 0 Å². The normalized spacial score (nSPS) is 11.8. The maximum absolute atomic E-state index is 10.7. The van der Waals surface area contributed by atoms with Gasteiger partial charge in [0, 0.05) is 18.0 Å². The van der Waals surface area contributed by atoms with Crippen LogP contribution in [0.2, 0.25) is 0 Å². The lowest BCUT2D eigenvalue weighted by atomic mass is 10.1. The number of carboxylic acids is 1. The van der Waals surface area contributed by atoms with Gasteiger partial charge in [-0.05, 0) is 37.1 Å². The smallest absolute Gasteiger partial charge is 0.213 e. The largest absolute Gasteiger partial charge is 0.550 e. The number of aliphatic carboxylic acids is 1. The molecule has 0 aliphatic rings. The number of aryl methyl sites for hydroxylation is 2. The zero-order valence-electron chi connectivity index (χ0n) is 13.8. The lowest BCUT2D eigenvalue weighted by Crippen LogP contribution is -2.77. The molecule has 0 unspecified atom stereocenters. The quantitative estimate of drug-likeness (QED) is 0.774. The molecule has 1 aromatic heterocycles. The number of rotatable bonds is 4. The third kappa shape index (κ3) is 3.38. The van der Waals surface area contributed by atoms with Crippen molar-refractivity contribution in [2.24, 2.45) is 0 Å². The lowest BCUT2D eigenvalue weighted by molar-refractivity contribution is -0.499. The molecule has 0 saturated carbocycles. The van der Waals surface area contributed by atoms with Gasteiger partial charge < -0.3 is 14.3 Å². The van der Waals surface area contributed by atoms with E-state index in [1.54, 1.807) is 0 Å². The molecule has 4 heteroatoms. The van der Waals surface area contributed by atoms with Crippen LogP contribution >= 0.6 is 0 Å². The maximum atomic E-state index is 10.7. The summed E-state index contributed by atoms with van der Waals surface area (Å²) >= 11 is 0. The van der Waals surface area contributed by atoms with E-state index in [0.717, 1.165) is 38.8 Å². The van der Waals surface area contributed by atoms with Crippen LogP contribution in [0.15, 0.2) is 52.9 Å². The summed E-state index contributed by atoms with van der Waals surface area (Å²) in [6, 6.07) is 15.8. The number of carbonyl (C=O) groups is 1. The van der Waals surface area contributed by atoms with Crippen molar-refractivity contribution in [2.45, 2.75) is 20.3 Å². The van der Waals surface area contributed by atoms with Gasteiger partial charge in [0.25, 0.3) is 0 Å². The first-order valence-corrected chi connectivity index (χ1v) is 7.92. The van der Waals surface area contributed by atoms with Crippen molar-refractivity contribution in [2.75, 3.05) is 6.54 Å². The number of hydrogen-bond donors (Lipinski definition) is 1. The van der Waals surface area contributed by atoms with Gasteiger partial charge in [-0.25, -0.2) is 4.99 Å². The first-order chi connectivity index (χ1) is 11.5. The molecule has 0 bridgehead atoms. The standard InChI is InChI=1S/C20H19NO3/c1-13-10-16-17(21-9-8-20(22)23)12-18(15-6-4-3-5-7-15)24-19(16)11-14(13)2/h3-7,10-12H,8-9H2,1-2H3,(H,22,23). The zero-order valence-corrected chi connectivity index (χ0v) is 13.8. The molecule has 1 heterocycles. The van der Waals surface area contributed by atoms with Gasteiger partial charge in [0.2, 0.25) is 5.36 Å². The van der Waals surface area contributed by atoms with Crippen LogP contribution in [0, 0.1) is 13.8 Å². The highest BCUT2D eigenvalue weighted by Gasteiger charge is 2.10. The molecule has 0 radical (unpaired) electrons. The number of fused-ring (bicyclic) bond motifs is 1. The monoisotopic (exact) mass is 321 g/mol. The van der Waals surface area contributed by atoms with Crippen LogP contribution in [0.25, 0.3) is 22.3 Å². The molecular formula is C20H19NO3. The van der Waals surface area contributed by atoms with Gasteiger partial charge >= 0.3 is 0 Å². The Hall–Kier alpha value is -2.88. The Labute approximate surface area is 140 Å². The fourth-order valence-corrected chi connectivity index (χ4v) is 2.63. The minimum absolute atomic E-state index is 0.0426. The van der Waals surface area contributed by atoms with Crippen molar-refractivity contribution < 1.29 is 19.3 Å². The van der Waals surface area contributed by atoms with E-state index in [2.05, 4.69) is 11.1 Å². The Balaban J connectivity index is 2.22. The van der Waals surface area contributed by atoms with Gasteiger partial charge in [0.05, 0.1) is 11.5 Å². The molecule has 0 saturated heterocycles. The van der Waals surface area contributed by atoms with Crippen molar-refractivity contribution in [1.82, 2.24) is 0 Å². The molecule has 4 nitrogen and oxygen atoms in total. The Bertz CT molecular complexity index is 956. The summed E-state index contributed by atoms with van der Waals surface area (Å²) in [5.41, 5.74) is 4.06. The molecule has 3 rings (SSSR count). The number of hydrogen-bond acceptors (Lipinski definition) is 3. The van der Waals surface area contributed by atoms with E-state index in [4.69, 9.17) is 4.42 Å². The summed E-state index contributed by atoms with van der Waals surface area (Å²) in [5, 5.41) is 12.5. The first kappa shape index (κ1) is 16.0. The minimum atomic E-state index is -1.07. The second-order valence-electron chi connectivity index (χ2n) is 5.87. The molecule has 0 aliphatic carbocycles. The number of carbonyl (C=O) groups excluding carboxylic acids is 1. The Morgan fingerprint density at radius 3 is 2.50 bits per heavy atom. The van der Waals surface area contributed by atoms with Gasteiger partial charge in [-0.1, -0.05) is 30.3 Å². The van der Waals surface area contributed by atoms with E-state index in [9.17, 15) is 9.90 Å². The van der Waals surface area contributed by atoms with Crippen molar-refractivity contribution in [3.05, 3.63) is 65.0 Å². The van der Waals surface area contributed by atoms with Crippen molar-refractivity contribution in [3.63, 3.8) is 0 Å². The Kier molecular flexibility index (Phi) is 4.47. The van der Waals surface area contributed by atoms with E-state index < -0.39 is 5.97 Å². The van der Waals surface area contributed by atoms with Crippen molar-refractivity contribution in [3.8, 4) is 11.3 Å². The van der Waals surface area contributed by atoms with Crippen LogP contribution in [-0.2, 0) is 4.79 Å². The molecule has 1 N–H and O–H groups in total. The highest BCUT2D eigenvalue weighted by molar-refractivity contribution is 5.79. The van der Waals surface area contributed by atoms with E-state index in [1.807, 2.05) is 56.3 Å². The summed E-state index contributed by atoms with van der Waals surface area (Å²) in [4.78, 5) is 13.9. The van der Waals surface area contributed by atoms with Crippen LogP contribution in [0.3, 0.4) is 0 Å². The average molecular weight is 321 g/mol. The Morgan fingerprint density at radius 2 is 1.79 bits per heavy atom. The third-order valence-electron chi connectivity index (χ3n) is 4.08. The van der Waals surface area contributed by atoms with E-state index in [-0.39, 0.29) is 6.42 Å². The summed E-state index contributed by atoms with van der Waals surface area (Å²) < 4.78 is 6.08. The average Bonchev–Trinajstić information content (AvgIpc) is 2.56. The molecule has 0 amide bonds. The number of benzene rings is 2. The fourth-order valence-electron chi connectivity index (χ4n) is 2.63. The molecule has 2 aromatic carbocycles. The topological polar surface area (TPSA) is 67.2 Å². The van der Waals surface area contributed by atoms with Crippen molar-refractivity contribution >= 4 is 16.9 Å². The van der Waals surface area contributed by atoms with Gasteiger partial charge in [0.1, 0.15) is 17.9 Å². The lowest BCUT2D eigenvalue weighted by Gasteiger charge is -2.06.